The van der Waals surface area contributed by atoms with Crippen molar-refractivity contribution in [2.24, 2.45) is 0 Å². The van der Waals surface area contributed by atoms with Gasteiger partial charge in [0.15, 0.2) is 5.13 Å². The summed E-state index contributed by atoms with van der Waals surface area (Å²) >= 11 is 7.61. The maximum absolute atomic E-state index is 6.01. The van der Waals surface area contributed by atoms with Gasteiger partial charge in [-0.3, -0.25) is 0 Å². The molecule has 0 bridgehead atoms. The van der Waals surface area contributed by atoms with E-state index in [1.165, 1.54) is 5.56 Å². The number of hydrogen-bond donors (Lipinski definition) is 1. The lowest BCUT2D eigenvalue weighted by molar-refractivity contribution is 1.21. The topological polar surface area (TPSA) is 50.7 Å². The van der Waals surface area contributed by atoms with Crippen molar-refractivity contribution >= 4 is 55.0 Å². The number of halogens is 1. The van der Waals surface area contributed by atoms with Crippen molar-refractivity contribution in [3.05, 3.63) is 53.3 Å². The zero-order valence-corrected chi connectivity index (χ0v) is 13.2. The summed E-state index contributed by atoms with van der Waals surface area (Å²) in [6, 6.07) is 14.0. The average Bonchev–Trinajstić information content (AvgIpc) is 2.88. The Kier molecular flexibility index (Phi) is 3.17. The molecular formula is C16H11ClN4S. The van der Waals surface area contributed by atoms with Crippen molar-refractivity contribution in [3.8, 4) is 0 Å². The number of aryl methyl sites for hydroxylation is 1. The smallest absolute Gasteiger partial charge is 0.224 e. The Morgan fingerprint density at radius 2 is 1.86 bits per heavy atom. The van der Waals surface area contributed by atoms with E-state index in [0.29, 0.717) is 5.82 Å². The zero-order valence-electron chi connectivity index (χ0n) is 11.7. The molecule has 4 aromatic rings. The number of benzene rings is 2. The number of rotatable bonds is 2. The molecule has 0 radical (unpaired) electrons. The molecule has 2 aromatic heterocycles. The third-order valence-corrected chi connectivity index (χ3v) is 4.45. The van der Waals surface area contributed by atoms with Gasteiger partial charge in [-0.05, 0) is 48.4 Å². The summed E-state index contributed by atoms with van der Waals surface area (Å²) in [6.07, 6.45) is 0. The first-order valence-corrected chi connectivity index (χ1v) is 7.95. The third kappa shape index (κ3) is 2.38. The van der Waals surface area contributed by atoms with Crippen LogP contribution < -0.4 is 5.32 Å². The van der Waals surface area contributed by atoms with Crippen LogP contribution in [0.15, 0.2) is 42.5 Å². The molecule has 0 saturated carbocycles. The molecule has 108 valence electrons. The minimum Gasteiger partial charge on any atom is -0.316 e. The molecule has 0 saturated heterocycles. The number of aromatic nitrogens is 3. The van der Waals surface area contributed by atoms with Crippen LogP contribution in [-0.2, 0) is 0 Å². The quantitative estimate of drug-likeness (QED) is 0.530. The second-order valence-corrected chi connectivity index (χ2v) is 6.34. The number of fused-ring (bicyclic) bond motifs is 2. The van der Waals surface area contributed by atoms with Gasteiger partial charge in [-0.25, -0.2) is 9.97 Å². The van der Waals surface area contributed by atoms with Gasteiger partial charge in [-0.2, -0.15) is 4.98 Å². The molecule has 2 aromatic carbocycles. The van der Waals surface area contributed by atoms with Crippen molar-refractivity contribution in [2.45, 2.75) is 6.92 Å². The monoisotopic (exact) mass is 326 g/mol. The highest BCUT2D eigenvalue weighted by atomic mass is 35.5. The lowest BCUT2D eigenvalue weighted by Crippen LogP contribution is -1.96. The number of thiazole rings is 1. The fourth-order valence-corrected chi connectivity index (χ4v) is 3.47. The first kappa shape index (κ1) is 13.4. The van der Waals surface area contributed by atoms with Crippen LogP contribution in [0.2, 0.25) is 5.28 Å². The fourth-order valence-electron chi connectivity index (χ4n) is 2.33. The molecule has 0 amide bonds. The summed E-state index contributed by atoms with van der Waals surface area (Å²) in [5.74, 6) is 0.673. The molecule has 2 heterocycles. The predicted molar refractivity (Wildman–Crippen MR) is 92.2 cm³/mol. The van der Waals surface area contributed by atoms with Crippen LogP contribution in [0.4, 0.5) is 10.9 Å². The normalized spacial score (nSPS) is 11.2. The Labute approximate surface area is 135 Å². The molecular weight excluding hydrogens is 316 g/mol. The van der Waals surface area contributed by atoms with E-state index in [1.54, 1.807) is 11.3 Å². The molecule has 0 aliphatic rings. The maximum Gasteiger partial charge on any atom is 0.224 e. The summed E-state index contributed by atoms with van der Waals surface area (Å²) in [4.78, 5) is 13.1. The molecule has 0 aliphatic heterocycles. The lowest BCUT2D eigenvalue weighted by atomic mass is 10.2. The van der Waals surface area contributed by atoms with Crippen molar-refractivity contribution in [1.82, 2.24) is 15.0 Å². The fraction of sp³-hybridized carbons (Fsp3) is 0.0625. The number of nitrogens with one attached hydrogen (secondary N) is 1. The molecule has 0 fully saturated rings. The molecule has 0 aliphatic carbocycles. The average molecular weight is 327 g/mol. The molecule has 4 rings (SSSR count). The van der Waals surface area contributed by atoms with Crippen LogP contribution in [0.3, 0.4) is 0 Å². The summed E-state index contributed by atoms with van der Waals surface area (Å²) in [5, 5.41) is 5.20. The van der Waals surface area contributed by atoms with E-state index in [-0.39, 0.29) is 5.28 Å². The first-order chi connectivity index (χ1) is 10.7. The van der Waals surface area contributed by atoms with Crippen molar-refractivity contribution in [1.29, 1.82) is 0 Å². The second-order valence-electron chi connectivity index (χ2n) is 4.97. The Morgan fingerprint density at radius 1 is 1.00 bits per heavy atom. The van der Waals surface area contributed by atoms with Crippen molar-refractivity contribution in [3.63, 3.8) is 0 Å². The van der Waals surface area contributed by atoms with E-state index in [4.69, 9.17) is 11.6 Å². The van der Waals surface area contributed by atoms with E-state index in [1.807, 2.05) is 30.3 Å². The van der Waals surface area contributed by atoms with Crippen LogP contribution >= 0.6 is 22.9 Å². The van der Waals surface area contributed by atoms with Crippen LogP contribution in [0.25, 0.3) is 21.1 Å². The van der Waals surface area contributed by atoms with Crippen molar-refractivity contribution in [2.75, 3.05) is 5.32 Å². The minimum absolute atomic E-state index is 0.221. The first-order valence-electron chi connectivity index (χ1n) is 6.75. The van der Waals surface area contributed by atoms with Crippen LogP contribution in [0.5, 0.6) is 0 Å². The van der Waals surface area contributed by atoms with E-state index in [0.717, 1.165) is 26.3 Å². The van der Waals surface area contributed by atoms with Crippen LogP contribution in [0, 0.1) is 6.92 Å². The van der Waals surface area contributed by atoms with Gasteiger partial charge in [-0.15, -0.1) is 0 Å². The molecule has 6 heteroatoms. The third-order valence-electron chi connectivity index (χ3n) is 3.35. The molecule has 0 spiro atoms. The number of nitrogens with zero attached hydrogens (tertiary/aromatic N) is 3. The van der Waals surface area contributed by atoms with Gasteiger partial charge in [0.25, 0.3) is 0 Å². The van der Waals surface area contributed by atoms with E-state index < -0.39 is 0 Å². The second kappa shape index (κ2) is 5.19. The van der Waals surface area contributed by atoms with E-state index in [9.17, 15) is 0 Å². The van der Waals surface area contributed by atoms with Gasteiger partial charge in [-0.1, -0.05) is 29.5 Å². The maximum atomic E-state index is 6.01. The number of para-hydroxylation sites is 1. The van der Waals surface area contributed by atoms with Gasteiger partial charge in [0.1, 0.15) is 5.82 Å². The number of anilines is 2. The SMILES string of the molecule is Cc1ccc2nc(Nc3nc(Cl)nc4ccccc34)sc2c1. The van der Waals surface area contributed by atoms with Crippen LogP contribution in [0.1, 0.15) is 5.56 Å². The van der Waals surface area contributed by atoms with Gasteiger partial charge >= 0.3 is 0 Å². The molecule has 0 atom stereocenters. The predicted octanol–water partition coefficient (Wildman–Crippen LogP) is 4.94. The van der Waals surface area contributed by atoms with Gasteiger partial charge in [0.2, 0.25) is 5.28 Å². The highest BCUT2D eigenvalue weighted by molar-refractivity contribution is 7.22. The van der Waals surface area contributed by atoms with E-state index in [2.05, 4.69) is 39.3 Å². The van der Waals surface area contributed by atoms with Gasteiger partial charge in [0, 0.05) is 5.39 Å². The minimum atomic E-state index is 0.221. The standard InChI is InChI=1S/C16H11ClN4S/c1-9-6-7-12-13(8-9)22-16(19-12)21-14-10-4-2-3-5-11(10)18-15(17)20-14/h2-8H,1H3,(H,18,19,20,21). The molecule has 1 N–H and O–H groups in total. The summed E-state index contributed by atoms with van der Waals surface area (Å²) in [7, 11) is 0. The Bertz CT molecular complexity index is 996. The number of hydrogen-bond acceptors (Lipinski definition) is 5. The largest absolute Gasteiger partial charge is 0.316 e. The Morgan fingerprint density at radius 3 is 2.77 bits per heavy atom. The Hall–Kier alpha value is -2.24. The van der Waals surface area contributed by atoms with Crippen molar-refractivity contribution < 1.29 is 0 Å². The summed E-state index contributed by atoms with van der Waals surface area (Å²) in [5.41, 5.74) is 3.00. The summed E-state index contributed by atoms with van der Waals surface area (Å²) < 4.78 is 1.15. The molecule has 0 unspecified atom stereocenters. The molecule has 4 nitrogen and oxygen atoms in total. The van der Waals surface area contributed by atoms with E-state index >= 15 is 0 Å². The van der Waals surface area contributed by atoms with Crippen LogP contribution in [-0.4, -0.2) is 15.0 Å². The lowest BCUT2D eigenvalue weighted by Gasteiger charge is -2.06. The van der Waals surface area contributed by atoms with Gasteiger partial charge < -0.3 is 5.32 Å². The zero-order chi connectivity index (χ0) is 15.1. The molecule has 22 heavy (non-hydrogen) atoms. The Balaban J connectivity index is 1.81. The van der Waals surface area contributed by atoms with Gasteiger partial charge in [0.05, 0.1) is 15.7 Å². The highest BCUT2D eigenvalue weighted by Crippen LogP contribution is 2.31. The highest BCUT2D eigenvalue weighted by Gasteiger charge is 2.09. The summed E-state index contributed by atoms with van der Waals surface area (Å²) in [6.45, 7) is 2.07.